The van der Waals surface area contributed by atoms with Gasteiger partial charge in [0.2, 0.25) is 19.5 Å². The van der Waals surface area contributed by atoms with Crippen LogP contribution in [-0.2, 0) is 50.3 Å². The molecule has 0 aliphatic carbocycles. The van der Waals surface area contributed by atoms with E-state index in [2.05, 4.69) is 4.76 Å². The maximum Gasteiger partial charge on any atom is 0.462 e. The lowest BCUT2D eigenvalue weighted by Gasteiger charge is -2.19. The van der Waals surface area contributed by atoms with E-state index in [0.29, 0.717) is 12.8 Å². The van der Waals surface area contributed by atoms with E-state index >= 15 is 0 Å². The third-order valence-corrected chi connectivity index (χ3v) is 6.09. The Morgan fingerprint density at radius 2 is 1.30 bits per heavy atom. The molecule has 0 heterocycles. The molecule has 0 fully saturated rings. The molecule has 0 atom stereocenters. The summed E-state index contributed by atoms with van der Waals surface area (Å²) in [5, 5.41) is 8.90. The predicted molar refractivity (Wildman–Crippen MR) is 133 cm³/mol. The molecule has 200 valence electrons. The Balaban J connectivity index is 1.90. The number of carbonyl (C=O) groups excluding carboxylic acids is 2. The van der Waals surface area contributed by atoms with E-state index in [0.717, 1.165) is 16.0 Å². The topological polar surface area (TPSA) is 167 Å². The SMILES string of the molecule is CN(CC(=O)O)/C(N)=N/P(=O)(OCOC(=O)CCc1ccccc1)OCOC(=O)CCc1ccccc1. The smallest absolute Gasteiger partial charge is 0.462 e. The van der Waals surface area contributed by atoms with Crippen LogP contribution < -0.4 is 5.73 Å². The third kappa shape index (κ3) is 12.2. The summed E-state index contributed by atoms with van der Waals surface area (Å²) in [4.78, 5) is 35.9. The minimum Gasteiger partial charge on any atom is -0.480 e. The van der Waals surface area contributed by atoms with E-state index in [4.69, 9.17) is 29.4 Å². The minimum absolute atomic E-state index is 0.0459. The Labute approximate surface area is 214 Å². The van der Waals surface area contributed by atoms with Crippen LogP contribution in [0.4, 0.5) is 0 Å². The number of guanidine groups is 1. The highest BCUT2D eigenvalue weighted by atomic mass is 31.2. The average molecular weight is 535 g/mol. The standard InChI is InChI=1S/C24H30N3O9P/c1-27(16-21(28)29)24(25)26-37(32,35-17-33-22(30)14-12-19-8-4-2-5-9-19)36-18-34-23(31)15-13-20-10-6-3-7-11-20/h2-11H,12-18H2,1H3,(H,28,29)(H2,25,26,32). The fourth-order valence-electron chi connectivity index (χ4n) is 2.82. The molecule has 0 aromatic heterocycles. The third-order valence-electron chi connectivity index (χ3n) is 4.78. The Morgan fingerprint density at radius 3 is 1.70 bits per heavy atom. The first-order chi connectivity index (χ1) is 17.7. The highest BCUT2D eigenvalue weighted by molar-refractivity contribution is 7.52. The number of carboxylic acids is 1. The molecule has 2 aromatic carbocycles. The molecule has 0 saturated carbocycles. The van der Waals surface area contributed by atoms with E-state index in [-0.39, 0.29) is 12.8 Å². The average Bonchev–Trinajstić information content (AvgIpc) is 2.87. The van der Waals surface area contributed by atoms with Gasteiger partial charge < -0.3 is 25.2 Å². The van der Waals surface area contributed by atoms with Crippen LogP contribution in [0, 0.1) is 0 Å². The van der Waals surface area contributed by atoms with E-state index in [1.807, 2.05) is 60.7 Å². The minimum atomic E-state index is -4.47. The molecule has 0 aliphatic heterocycles. The zero-order valence-electron chi connectivity index (χ0n) is 20.4. The van der Waals surface area contributed by atoms with Gasteiger partial charge in [0.05, 0.1) is 0 Å². The number of benzene rings is 2. The van der Waals surface area contributed by atoms with Crippen molar-refractivity contribution in [2.75, 3.05) is 27.2 Å². The van der Waals surface area contributed by atoms with Crippen molar-refractivity contribution >= 4 is 31.6 Å². The predicted octanol–water partition coefficient (Wildman–Crippen LogP) is 2.73. The normalized spacial score (nSPS) is 11.5. The number of esters is 2. The number of aryl methyl sites for hydroxylation is 2. The fraction of sp³-hybridized carbons (Fsp3) is 0.333. The van der Waals surface area contributed by atoms with E-state index in [1.54, 1.807) is 0 Å². The summed E-state index contributed by atoms with van der Waals surface area (Å²) < 4.78 is 36.7. The lowest BCUT2D eigenvalue weighted by molar-refractivity contribution is -0.152. The first kappa shape index (κ1) is 29.5. The van der Waals surface area contributed by atoms with Gasteiger partial charge in [-0.05, 0) is 24.0 Å². The van der Waals surface area contributed by atoms with Gasteiger partial charge in [0, 0.05) is 19.9 Å². The Hall–Kier alpha value is -3.73. The van der Waals surface area contributed by atoms with Gasteiger partial charge in [-0.1, -0.05) is 60.7 Å². The van der Waals surface area contributed by atoms with Crippen LogP contribution in [0.3, 0.4) is 0 Å². The van der Waals surface area contributed by atoms with Gasteiger partial charge in [-0.25, -0.2) is 4.57 Å². The Morgan fingerprint density at radius 1 is 0.865 bits per heavy atom. The number of carbonyl (C=O) groups is 3. The van der Waals surface area contributed by atoms with Gasteiger partial charge in [0.25, 0.3) is 0 Å². The number of rotatable bonds is 15. The van der Waals surface area contributed by atoms with Crippen molar-refractivity contribution in [1.29, 1.82) is 0 Å². The lowest BCUT2D eigenvalue weighted by atomic mass is 10.1. The molecule has 2 aromatic rings. The Bertz CT molecular complexity index is 1030. The molecule has 0 saturated heterocycles. The zero-order valence-corrected chi connectivity index (χ0v) is 21.2. The monoisotopic (exact) mass is 535 g/mol. The van der Waals surface area contributed by atoms with Crippen molar-refractivity contribution in [2.45, 2.75) is 25.7 Å². The van der Waals surface area contributed by atoms with Gasteiger partial charge in [-0.3, -0.25) is 23.4 Å². The quantitative estimate of drug-likeness (QED) is 0.113. The first-order valence-electron chi connectivity index (χ1n) is 11.2. The molecule has 0 bridgehead atoms. The summed E-state index contributed by atoms with van der Waals surface area (Å²) in [6.07, 6.45) is 0.949. The van der Waals surface area contributed by atoms with Crippen molar-refractivity contribution in [1.82, 2.24) is 4.90 Å². The number of nitrogens with two attached hydrogens (primary N) is 1. The first-order valence-corrected chi connectivity index (χ1v) is 12.7. The zero-order chi connectivity index (χ0) is 27.1. The molecule has 12 nitrogen and oxygen atoms in total. The molecule has 2 rings (SSSR count). The second-order valence-corrected chi connectivity index (χ2v) is 9.33. The molecule has 0 amide bonds. The van der Waals surface area contributed by atoms with Crippen LogP contribution in [0.2, 0.25) is 0 Å². The van der Waals surface area contributed by atoms with Crippen molar-refractivity contribution in [2.24, 2.45) is 10.5 Å². The summed E-state index contributed by atoms with van der Waals surface area (Å²) in [5.74, 6) is -2.93. The molecule has 0 unspecified atom stereocenters. The summed E-state index contributed by atoms with van der Waals surface area (Å²) in [5.41, 5.74) is 7.57. The van der Waals surface area contributed by atoms with Crippen molar-refractivity contribution < 1.29 is 42.6 Å². The van der Waals surface area contributed by atoms with E-state index < -0.39 is 51.7 Å². The van der Waals surface area contributed by atoms with Gasteiger partial charge >= 0.3 is 25.7 Å². The van der Waals surface area contributed by atoms with Crippen LogP contribution in [0.25, 0.3) is 0 Å². The van der Waals surface area contributed by atoms with Gasteiger partial charge in [-0.15, -0.1) is 4.76 Å². The number of hydrogen-bond donors (Lipinski definition) is 2. The second kappa shape index (κ2) is 15.4. The molecule has 0 aliphatic rings. The van der Waals surface area contributed by atoms with Crippen LogP contribution in [0.15, 0.2) is 65.4 Å². The van der Waals surface area contributed by atoms with Gasteiger partial charge in [0.1, 0.15) is 6.54 Å². The van der Waals surface area contributed by atoms with Crippen LogP contribution in [0.1, 0.15) is 24.0 Å². The molecular formula is C24H30N3O9P. The highest BCUT2D eigenvalue weighted by Gasteiger charge is 2.28. The molecular weight excluding hydrogens is 505 g/mol. The maximum absolute atomic E-state index is 13.1. The second-order valence-electron chi connectivity index (χ2n) is 7.67. The molecule has 3 N–H and O–H groups in total. The van der Waals surface area contributed by atoms with E-state index in [9.17, 15) is 18.9 Å². The summed E-state index contributed by atoms with van der Waals surface area (Å²) in [7, 11) is -3.17. The maximum atomic E-state index is 13.1. The molecule has 0 spiro atoms. The number of hydrogen-bond acceptors (Lipinski definition) is 8. The summed E-state index contributed by atoms with van der Waals surface area (Å²) in [6, 6.07) is 18.5. The fourth-order valence-corrected chi connectivity index (χ4v) is 3.79. The van der Waals surface area contributed by atoms with E-state index in [1.165, 1.54) is 7.05 Å². The van der Waals surface area contributed by atoms with Crippen molar-refractivity contribution in [3.05, 3.63) is 71.8 Å². The molecule has 37 heavy (non-hydrogen) atoms. The van der Waals surface area contributed by atoms with Gasteiger partial charge in [-0.2, -0.15) is 0 Å². The van der Waals surface area contributed by atoms with Crippen LogP contribution >= 0.6 is 7.75 Å². The molecule has 13 heteroatoms. The largest absolute Gasteiger partial charge is 0.480 e. The number of carboxylic acid groups (broad SMARTS) is 1. The number of likely N-dealkylation sites (N-methyl/N-ethyl adjacent to an activating group) is 1. The number of ether oxygens (including phenoxy) is 2. The van der Waals surface area contributed by atoms with Gasteiger partial charge in [0.15, 0.2) is 0 Å². The Kier molecular flexibility index (Phi) is 12.3. The van der Waals surface area contributed by atoms with Crippen LogP contribution in [0.5, 0.6) is 0 Å². The summed E-state index contributed by atoms with van der Waals surface area (Å²) >= 11 is 0. The van der Waals surface area contributed by atoms with Crippen molar-refractivity contribution in [3.63, 3.8) is 0 Å². The lowest BCUT2D eigenvalue weighted by Crippen LogP contribution is -2.37. The van der Waals surface area contributed by atoms with Crippen molar-refractivity contribution in [3.8, 4) is 0 Å². The summed E-state index contributed by atoms with van der Waals surface area (Å²) in [6.45, 7) is -2.11. The highest BCUT2D eigenvalue weighted by Crippen LogP contribution is 2.50. The number of aliphatic carboxylic acids is 1. The number of nitrogens with zero attached hydrogens (tertiary/aromatic N) is 2. The van der Waals surface area contributed by atoms with Crippen LogP contribution in [-0.4, -0.2) is 61.1 Å². The molecule has 0 radical (unpaired) electrons.